The molecule has 1 N–H and O–H groups in total. The first-order chi connectivity index (χ1) is 7.33. The average molecular weight is 305 g/mol. The Morgan fingerprint density at radius 2 is 2.40 bits per heavy atom. The van der Waals surface area contributed by atoms with Gasteiger partial charge in [0.2, 0.25) is 0 Å². The number of aromatic nitrogens is 1. The molecule has 1 aromatic heterocycles. The number of pyridine rings is 1. The van der Waals surface area contributed by atoms with Crippen LogP contribution in [0.1, 0.15) is 5.69 Å². The quantitative estimate of drug-likeness (QED) is 0.394. The van der Waals surface area contributed by atoms with Crippen molar-refractivity contribution in [3.05, 3.63) is 30.1 Å². The Labute approximate surface area is 111 Å². The van der Waals surface area contributed by atoms with E-state index in [1.165, 1.54) is 11.8 Å². The van der Waals surface area contributed by atoms with Gasteiger partial charge in [-0.25, -0.2) is 0 Å². The van der Waals surface area contributed by atoms with Gasteiger partial charge >= 0.3 is 24.8 Å². The normalized spacial score (nSPS) is 9.33. The van der Waals surface area contributed by atoms with Gasteiger partial charge in [-0.05, 0) is 18.4 Å². The molecule has 0 aliphatic heterocycles. The molecule has 1 rings (SSSR count). The first kappa shape index (κ1) is 14.8. The topological polar surface area (TPSA) is 37.3 Å². The van der Waals surface area contributed by atoms with Crippen LogP contribution in [-0.2, 0) is 14.6 Å². The van der Waals surface area contributed by atoms with Gasteiger partial charge in [-0.3, -0.25) is 10.4 Å². The zero-order valence-corrected chi connectivity index (χ0v) is 11.2. The Kier molecular flexibility index (Phi) is 10.3. The van der Waals surface area contributed by atoms with Crippen molar-refractivity contribution < 1.29 is 14.6 Å². The van der Waals surface area contributed by atoms with Gasteiger partial charge in [-0.15, -0.1) is 0 Å². The van der Waals surface area contributed by atoms with Gasteiger partial charge in [-0.2, -0.15) is 5.10 Å². The second-order valence-electron chi connectivity index (χ2n) is 2.12. The van der Waals surface area contributed by atoms with E-state index in [2.05, 4.69) is 40.3 Å². The van der Waals surface area contributed by atoms with Crippen molar-refractivity contribution >= 4 is 44.7 Å². The van der Waals surface area contributed by atoms with Crippen molar-refractivity contribution in [2.45, 2.75) is 0 Å². The monoisotopic (exact) mass is 304 g/mol. The summed E-state index contributed by atoms with van der Waals surface area (Å²) >= 11 is 9.68. The van der Waals surface area contributed by atoms with E-state index in [-0.39, 0.29) is 0 Å². The van der Waals surface area contributed by atoms with Crippen LogP contribution in [-0.4, -0.2) is 21.8 Å². The predicted octanol–water partition coefficient (Wildman–Crippen LogP) is 2.34. The predicted molar refractivity (Wildman–Crippen MR) is 66.9 cm³/mol. The fourth-order valence-electron chi connectivity index (χ4n) is 0.649. The molecule has 0 aromatic carbocycles. The minimum absolute atomic E-state index is 0.646. The van der Waals surface area contributed by atoms with Crippen molar-refractivity contribution in [3.8, 4) is 0 Å². The molecule has 0 unspecified atom stereocenters. The fourth-order valence-corrected chi connectivity index (χ4v) is 0.846. The number of rotatable bonds is 2. The molecular formula is C8H9ClN3NiS2. The number of thioether (sulfide) groups is 1. The number of hydrazone groups is 1. The molecule has 0 radical (unpaired) electrons. The summed E-state index contributed by atoms with van der Waals surface area (Å²) in [5, 5.41) is 3.91. The van der Waals surface area contributed by atoms with E-state index in [1.54, 1.807) is 12.4 Å². The van der Waals surface area contributed by atoms with E-state index in [1.807, 2.05) is 24.5 Å². The number of nitrogens with one attached hydrogen (secondary N) is 1. The third kappa shape index (κ3) is 7.74. The van der Waals surface area contributed by atoms with Crippen molar-refractivity contribution in [1.29, 1.82) is 0 Å². The van der Waals surface area contributed by atoms with Gasteiger partial charge in [-0.1, -0.05) is 30.0 Å². The van der Waals surface area contributed by atoms with Crippen LogP contribution in [0.25, 0.3) is 0 Å². The van der Waals surface area contributed by atoms with E-state index in [9.17, 15) is 0 Å². The number of nitrogens with zero attached hydrogens (tertiary/aromatic N) is 2. The summed E-state index contributed by atoms with van der Waals surface area (Å²) in [5.74, 6) is 0. The van der Waals surface area contributed by atoms with Crippen LogP contribution in [0.5, 0.6) is 0 Å². The molecule has 0 saturated carbocycles. The van der Waals surface area contributed by atoms with Gasteiger partial charge in [0.1, 0.15) is 0 Å². The SMILES string of the molecule is CSC(=S)NN=Cc1ccccn1.[Cl][Ni]. The zero-order valence-electron chi connectivity index (χ0n) is 7.79. The van der Waals surface area contributed by atoms with Crippen molar-refractivity contribution in [3.63, 3.8) is 0 Å². The number of hydrogen-bond donors (Lipinski definition) is 1. The molecule has 0 bridgehead atoms. The van der Waals surface area contributed by atoms with E-state index >= 15 is 0 Å². The third-order valence-corrected chi connectivity index (χ3v) is 2.28. The standard InChI is InChI=1S/C8H9N3S2.ClH.Ni/c1-13-8(12)11-10-6-7-4-2-3-5-9-7;;/h2-6H,1H3,(H,11,12);1H;/q;;+1/p-1. The molecular weight excluding hydrogens is 296 g/mol. The van der Waals surface area contributed by atoms with Crippen LogP contribution in [0.2, 0.25) is 0 Å². The molecule has 0 aliphatic carbocycles. The Balaban J connectivity index is 0.000000921. The first-order valence-electron chi connectivity index (χ1n) is 3.73. The zero-order chi connectivity index (χ0) is 11.5. The van der Waals surface area contributed by atoms with Gasteiger partial charge in [0.15, 0.2) is 4.32 Å². The number of hydrogen-bond acceptors (Lipinski definition) is 4. The molecule has 7 heteroatoms. The van der Waals surface area contributed by atoms with Crippen molar-refractivity contribution in [2.75, 3.05) is 6.26 Å². The molecule has 1 aromatic rings. The van der Waals surface area contributed by atoms with Crippen LogP contribution in [0.15, 0.2) is 29.5 Å². The van der Waals surface area contributed by atoms with Gasteiger partial charge < -0.3 is 0 Å². The summed E-state index contributed by atoms with van der Waals surface area (Å²) in [6, 6.07) is 5.63. The summed E-state index contributed by atoms with van der Waals surface area (Å²) in [7, 11) is 4.26. The summed E-state index contributed by atoms with van der Waals surface area (Å²) in [5.41, 5.74) is 3.51. The van der Waals surface area contributed by atoms with Gasteiger partial charge in [0, 0.05) is 6.20 Å². The molecule has 0 atom stereocenters. The molecule has 0 spiro atoms. The van der Waals surface area contributed by atoms with Crippen LogP contribution in [0.4, 0.5) is 0 Å². The summed E-state index contributed by atoms with van der Waals surface area (Å²) in [6.07, 6.45) is 5.24. The molecule has 1 heterocycles. The molecule has 0 saturated heterocycles. The van der Waals surface area contributed by atoms with Crippen molar-refractivity contribution in [1.82, 2.24) is 10.4 Å². The van der Waals surface area contributed by atoms with Crippen LogP contribution >= 0.6 is 34.2 Å². The first-order valence-corrected chi connectivity index (χ1v) is 6.72. The summed E-state index contributed by atoms with van der Waals surface area (Å²) in [4.78, 5) is 4.06. The van der Waals surface area contributed by atoms with Gasteiger partial charge in [0.05, 0.1) is 11.9 Å². The Morgan fingerprint density at radius 1 is 1.67 bits per heavy atom. The molecule has 3 nitrogen and oxygen atoms in total. The summed E-state index contributed by atoms with van der Waals surface area (Å²) < 4.78 is 0.646. The Bertz CT molecular complexity index is 308. The molecule has 15 heavy (non-hydrogen) atoms. The second kappa shape index (κ2) is 10.4. The van der Waals surface area contributed by atoms with E-state index in [4.69, 9.17) is 12.2 Å². The molecule has 0 aliphatic rings. The maximum absolute atomic E-state index is 4.89. The molecule has 0 amide bonds. The van der Waals surface area contributed by atoms with Crippen LogP contribution in [0.3, 0.4) is 0 Å². The Hall–Kier alpha value is -0.156. The van der Waals surface area contributed by atoms with Crippen LogP contribution in [0, 0.1) is 0 Å². The number of halogens is 1. The second-order valence-corrected chi connectivity index (χ2v) is 3.60. The maximum atomic E-state index is 4.89. The molecule has 85 valence electrons. The third-order valence-electron chi connectivity index (χ3n) is 1.23. The number of thiocarbonyl (C=S) groups is 1. The average Bonchev–Trinajstić information content (AvgIpc) is 2.33. The minimum atomic E-state index is 0.646. The van der Waals surface area contributed by atoms with Crippen molar-refractivity contribution in [2.24, 2.45) is 5.10 Å². The summed E-state index contributed by atoms with van der Waals surface area (Å²) in [6.45, 7) is 0. The van der Waals surface area contributed by atoms with E-state index in [0.29, 0.717) is 4.32 Å². The van der Waals surface area contributed by atoms with Gasteiger partial charge in [0.25, 0.3) is 0 Å². The van der Waals surface area contributed by atoms with E-state index in [0.717, 1.165) is 5.69 Å². The molecule has 0 fully saturated rings. The Morgan fingerprint density at radius 3 is 2.93 bits per heavy atom. The van der Waals surface area contributed by atoms with Crippen LogP contribution < -0.4 is 5.43 Å². The fraction of sp³-hybridized carbons (Fsp3) is 0.125. The van der Waals surface area contributed by atoms with E-state index < -0.39 is 0 Å².